The van der Waals surface area contributed by atoms with Crippen molar-refractivity contribution in [1.29, 1.82) is 0 Å². The Morgan fingerprint density at radius 2 is 2.18 bits per heavy atom. The van der Waals surface area contributed by atoms with Gasteiger partial charge < -0.3 is 5.73 Å². The van der Waals surface area contributed by atoms with Gasteiger partial charge in [0.1, 0.15) is 11.6 Å². The zero-order valence-electron chi connectivity index (χ0n) is 7.07. The van der Waals surface area contributed by atoms with Crippen LogP contribution in [0, 0.1) is 11.6 Å². The minimum Gasteiger partial charge on any atom is -0.324 e. The largest absolute Gasteiger partial charge is 0.324 e. The molecule has 0 heterocycles. The topological polar surface area (TPSA) is 26.0 Å². The molecule has 2 N–H and O–H groups in total. The zero-order chi connectivity index (χ0) is 9.35. The van der Waals surface area contributed by atoms with E-state index in [9.17, 15) is 8.78 Å². The summed E-state index contributed by atoms with van der Waals surface area (Å²) in [4.78, 5) is 0. The van der Waals surface area contributed by atoms with Crippen LogP contribution in [0.2, 0.25) is 0 Å². The molecule has 1 nitrogen and oxygen atoms in total. The van der Waals surface area contributed by atoms with Crippen molar-refractivity contribution in [2.45, 2.75) is 12.9 Å². The highest BCUT2D eigenvalue weighted by molar-refractivity contribution is 5.20. The minimum atomic E-state index is -1.52. The molecule has 1 aromatic carbocycles. The molecule has 0 aromatic heterocycles. The van der Waals surface area contributed by atoms with Crippen LogP contribution in [0.1, 0.15) is 19.9 Å². The van der Waals surface area contributed by atoms with E-state index < -0.39 is 17.7 Å². The highest BCUT2D eigenvalue weighted by Gasteiger charge is 2.06. The van der Waals surface area contributed by atoms with Gasteiger partial charge in [-0.1, -0.05) is 6.07 Å². The molecule has 1 atom stereocenters. The molecule has 0 aliphatic heterocycles. The molecule has 1 rings (SSSR count). The van der Waals surface area contributed by atoms with Gasteiger partial charge in [-0.25, -0.2) is 8.78 Å². The van der Waals surface area contributed by atoms with E-state index in [0.717, 1.165) is 12.1 Å². The van der Waals surface area contributed by atoms with Crippen molar-refractivity contribution >= 4 is 0 Å². The Balaban J connectivity index is 3.19. The summed E-state index contributed by atoms with van der Waals surface area (Å²) in [6, 6.07) is 1.46. The Labute approximate surface area is 65.2 Å². The Bertz CT molecular complexity index is 294. The monoisotopic (exact) mass is 158 g/mol. The van der Waals surface area contributed by atoms with Crippen LogP contribution in [0.4, 0.5) is 8.78 Å². The SMILES string of the molecule is [2H][C@](C)(N)c1ccc(F)cc1F. The third kappa shape index (κ3) is 1.74. The third-order valence-electron chi connectivity index (χ3n) is 1.36. The van der Waals surface area contributed by atoms with Crippen molar-refractivity contribution in [3.63, 3.8) is 0 Å². The molecular weight excluding hydrogens is 148 g/mol. The summed E-state index contributed by atoms with van der Waals surface area (Å²) < 4.78 is 32.6. The standard InChI is InChI=1S/C8H9F2N/c1-5(11)7-3-2-6(9)4-8(7)10/h2-5H,11H2,1H3/t5-/m1/s1/i5D. The van der Waals surface area contributed by atoms with E-state index in [4.69, 9.17) is 7.10 Å². The first-order valence-electron chi connectivity index (χ1n) is 3.65. The maximum absolute atomic E-state index is 12.9. The van der Waals surface area contributed by atoms with Crippen molar-refractivity contribution in [2.75, 3.05) is 0 Å². The molecule has 0 unspecified atom stereocenters. The number of benzene rings is 1. The summed E-state index contributed by atoms with van der Waals surface area (Å²) in [6.07, 6.45) is 0. The normalized spacial score (nSPS) is 17.3. The first kappa shape index (κ1) is 6.73. The van der Waals surface area contributed by atoms with E-state index in [1.54, 1.807) is 0 Å². The molecule has 60 valence electrons. The maximum atomic E-state index is 12.9. The highest BCUT2D eigenvalue weighted by Crippen LogP contribution is 2.14. The Kier molecular flexibility index (Phi) is 1.81. The van der Waals surface area contributed by atoms with Gasteiger partial charge in [-0.3, -0.25) is 0 Å². The summed E-state index contributed by atoms with van der Waals surface area (Å²) >= 11 is 0. The van der Waals surface area contributed by atoms with E-state index in [1.165, 1.54) is 13.0 Å². The molecule has 0 spiro atoms. The second kappa shape index (κ2) is 2.96. The molecule has 3 heteroatoms. The minimum absolute atomic E-state index is 0.0103. The fourth-order valence-electron chi connectivity index (χ4n) is 0.809. The number of rotatable bonds is 1. The van der Waals surface area contributed by atoms with Crippen LogP contribution >= 0.6 is 0 Å². The van der Waals surface area contributed by atoms with Gasteiger partial charge in [-0.05, 0) is 13.0 Å². The molecular formula is C8H9F2N. The average Bonchev–Trinajstić information content (AvgIpc) is 1.83. The van der Waals surface area contributed by atoms with Gasteiger partial charge in [0.25, 0.3) is 0 Å². The van der Waals surface area contributed by atoms with Crippen LogP contribution in [0.25, 0.3) is 0 Å². The molecule has 1 aromatic rings. The van der Waals surface area contributed by atoms with Crippen molar-refractivity contribution in [3.05, 3.63) is 35.4 Å². The lowest BCUT2D eigenvalue weighted by Crippen LogP contribution is -2.07. The van der Waals surface area contributed by atoms with Crippen molar-refractivity contribution in [1.82, 2.24) is 0 Å². The van der Waals surface area contributed by atoms with E-state index in [-0.39, 0.29) is 5.56 Å². The van der Waals surface area contributed by atoms with Gasteiger partial charge in [0.05, 0.1) is 1.37 Å². The van der Waals surface area contributed by atoms with Crippen LogP contribution in [-0.2, 0) is 0 Å². The van der Waals surface area contributed by atoms with Gasteiger partial charge >= 0.3 is 0 Å². The van der Waals surface area contributed by atoms with Gasteiger partial charge in [0.2, 0.25) is 0 Å². The van der Waals surface area contributed by atoms with Crippen LogP contribution in [-0.4, -0.2) is 0 Å². The fourth-order valence-corrected chi connectivity index (χ4v) is 0.809. The summed E-state index contributed by atoms with van der Waals surface area (Å²) in [5, 5.41) is 0. The molecule has 0 radical (unpaired) electrons. The average molecular weight is 158 g/mol. The summed E-state index contributed by atoms with van der Waals surface area (Å²) in [5.74, 6) is -1.45. The molecule has 11 heavy (non-hydrogen) atoms. The molecule has 0 saturated carbocycles. The first-order chi connectivity index (χ1) is 5.41. The van der Waals surface area contributed by atoms with Gasteiger partial charge in [0, 0.05) is 17.6 Å². The van der Waals surface area contributed by atoms with Gasteiger partial charge in [0.15, 0.2) is 0 Å². The number of hydrogen-bond acceptors (Lipinski definition) is 1. The fraction of sp³-hybridized carbons (Fsp3) is 0.250. The Morgan fingerprint density at radius 1 is 1.55 bits per heavy atom. The highest BCUT2D eigenvalue weighted by atomic mass is 19.1. The predicted octanol–water partition coefficient (Wildman–Crippen LogP) is 1.98. The van der Waals surface area contributed by atoms with Crippen LogP contribution < -0.4 is 5.73 Å². The molecule has 0 fully saturated rings. The first-order valence-corrected chi connectivity index (χ1v) is 3.15. The van der Waals surface area contributed by atoms with Crippen LogP contribution in [0.5, 0.6) is 0 Å². The summed E-state index contributed by atoms with van der Waals surface area (Å²) in [7, 11) is 0. The number of nitrogens with two attached hydrogens (primary N) is 1. The predicted molar refractivity (Wildman–Crippen MR) is 39.0 cm³/mol. The Morgan fingerprint density at radius 3 is 2.64 bits per heavy atom. The second-order valence-electron chi connectivity index (χ2n) is 2.31. The lowest BCUT2D eigenvalue weighted by atomic mass is 10.1. The van der Waals surface area contributed by atoms with E-state index >= 15 is 0 Å². The Hall–Kier alpha value is -0.960. The van der Waals surface area contributed by atoms with Crippen molar-refractivity contribution in [3.8, 4) is 0 Å². The maximum Gasteiger partial charge on any atom is 0.130 e. The van der Waals surface area contributed by atoms with E-state index in [2.05, 4.69) is 0 Å². The summed E-state index contributed by atoms with van der Waals surface area (Å²) in [6.45, 7) is 1.34. The van der Waals surface area contributed by atoms with Gasteiger partial charge in [-0.15, -0.1) is 0 Å². The van der Waals surface area contributed by atoms with Crippen LogP contribution in [0.15, 0.2) is 18.2 Å². The van der Waals surface area contributed by atoms with Crippen molar-refractivity contribution < 1.29 is 10.2 Å². The van der Waals surface area contributed by atoms with Crippen molar-refractivity contribution in [2.24, 2.45) is 5.73 Å². The third-order valence-corrected chi connectivity index (χ3v) is 1.36. The molecule has 0 bridgehead atoms. The summed E-state index contributed by atoms with van der Waals surface area (Å²) in [5.41, 5.74) is 5.30. The molecule has 0 saturated heterocycles. The molecule has 0 aliphatic carbocycles. The number of hydrogen-bond donors (Lipinski definition) is 1. The lowest BCUT2D eigenvalue weighted by molar-refractivity contribution is 0.562. The molecule has 0 aliphatic rings. The quantitative estimate of drug-likeness (QED) is 0.664. The van der Waals surface area contributed by atoms with E-state index in [1.807, 2.05) is 0 Å². The smallest absolute Gasteiger partial charge is 0.130 e. The van der Waals surface area contributed by atoms with Crippen LogP contribution in [0.3, 0.4) is 0 Å². The lowest BCUT2D eigenvalue weighted by Gasteiger charge is -2.05. The van der Waals surface area contributed by atoms with Gasteiger partial charge in [-0.2, -0.15) is 0 Å². The molecule has 0 amide bonds. The zero-order valence-corrected chi connectivity index (χ0v) is 6.07. The van der Waals surface area contributed by atoms with E-state index in [0.29, 0.717) is 0 Å². The second-order valence-corrected chi connectivity index (χ2v) is 2.31. The number of halogens is 2.